The first-order valence-corrected chi connectivity index (χ1v) is 12.9. The second-order valence-electron chi connectivity index (χ2n) is 11.0. The first-order valence-electron chi connectivity index (χ1n) is 12.9. The van der Waals surface area contributed by atoms with E-state index >= 15 is 0 Å². The van der Waals surface area contributed by atoms with Gasteiger partial charge in [0, 0.05) is 36.3 Å². The van der Waals surface area contributed by atoms with E-state index in [9.17, 15) is 19.6 Å². The number of carbonyl (C=O) groups excluding carboxylic acids is 3. The standard InChI is InChI=1S/C25H38N4O6/c1-13(2)7-20(23(31)28-19(14(3)10-26)9-15-5-4-6-27-22(15)30)29-25(32)35-21-16-8-17-18(21)12-34-24(17)33-11-16/h13-21,24H,4-9,11-12H2,1-3H3,(H,27,30)(H,28,31)(H,29,32)/t14?,15?,16?,17?,18-,19-,20-,21+,24+/m0/s1. The highest BCUT2D eigenvalue weighted by Crippen LogP contribution is 2.49. The van der Waals surface area contributed by atoms with Crippen molar-refractivity contribution in [2.75, 3.05) is 19.8 Å². The van der Waals surface area contributed by atoms with Gasteiger partial charge in [0.05, 0.1) is 25.2 Å². The molecule has 9 atom stereocenters. The fourth-order valence-corrected chi connectivity index (χ4v) is 5.98. The molecule has 0 spiro atoms. The molecule has 4 unspecified atom stereocenters. The van der Waals surface area contributed by atoms with Crippen LogP contribution in [0.1, 0.15) is 52.9 Å². The molecule has 1 aliphatic carbocycles. The zero-order valence-electron chi connectivity index (χ0n) is 20.8. The summed E-state index contributed by atoms with van der Waals surface area (Å²) in [5.41, 5.74) is 0. The molecule has 3 aliphatic heterocycles. The molecule has 4 aliphatic rings. The summed E-state index contributed by atoms with van der Waals surface area (Å²) in [5.74, 6) is -0.451. The Balaban J connectivity index is 1.38. The molecule has 194 valence electrons. The Labute approximate surface area is 206 Å². The number of rotatable bonds is 9. The predicted molar refractivity (Wildman–Crippen MR) is 124 cm³/mol. The highest BCUT2D eigenvalue weighted by Gasteiger charge is 2.56. The van der Waals surface area contributed by atoms with E-state index in [0.717, 1.165) is 19.3 Å². The van der Waals surface area contributed by atoms with Crippen LogP contribution in [0.25, 0.3) is 0 Å². The molecule has 3 heterocycles. The topological polar surface area (TPSA) is 139 Å². The van der Waals surface area contributed by atoms with E-state index in [2.05, 4.69) is 22.0 Å². The van der Waals surface area contributed by atoms with Crippen LogP contribution >= 0.6 is 0 Å². The summed E-state index contributed by atoms with van der Waals surface area (Å²) in [6, 6.07) is 0.900. The second-order valence-corrected chi connectivity index (χ2v) is 11.0. The molecule has 4 fully saturated rings. The highest BCUT2D eigenvalue weighted by atomic mass is 16.7. The van der Waals surface area contributed by atoms with Crippen molar-refractivity contribution >= 4 is 17.9 Å². The van der Waals surface area contributed by atoms with Gasteiger partial charge in [0.15, 0.2) is 6.29 Å². The minimum Gasteiger partial charge on any atom is -0.445 e. The van der Waals surface area contributed by atoms with Crippen LogP contribution in [0.2, 0.25) is 0 Å². The molecule has 1 saturated carbocycles. The van der Waals surface area contributed by atoms with Crippen LogP contribution < -0.4 is 16.0 Å². The van der Waals surface area contributed by atoms with Gasteiger partial charge in [-0.05, 0) is 44.9 Å². The summed E-state index contributed by atoms with van der Waals surface area (Å²) in [5, 5.41) is 18.1. The van der Waals surface area contributed by atoms with Gasteiger partial charge in [-0.1, -0.05) is 13.8 Å². The number of hydrogen-bond donors (Lipinski definition) is 3. The van der Waals surface area contributed by atoms with Crippen molar-refractivity contribution in [2.24, 2.45) is 35.5 Å². The lowest BCUT2D eigenvalue weighted by molar-refractivity contribution is -0.169. The van der Waals surface area contributed by atoms with E-state index < -0.39 is 24.1 Å². The van der Waals surface area contributed by atoms with Crippen LogP contribution in [-0.2, 0) is 23.8 Å². The van der Waals surface area contributed by atoms with Crippen LogP contribution in [0.3, 0.4) is 0 Å². The molecule has 0 radical (unpaired) electrons. The van der Waals surface area contributed by atoms with Gasteiger partial charge >= 0.3 is 6.09 Å². The second kappa shape index (κ2) is 11.1. The average Bonchev–Trinajstić information content (AvgIpc) is 3.35. The molecular formula is C25H38N4O6. The molecule has 0 aromatic rings. The third kappa shape index (κ3) is 5.89. The Kier molecular flexibility index (Phi) is 8.17. The number of nitriles is 1. The molecule has 3 amide bonds. The lowest BCUT2D eigenvalue weighted by atomic mass is 9.87. The number of ether oxygens (including phenoxy) is 3. The van der Waals surface area contributed by atoms with Crippen LogP contribution in [0, 0.1) is 46.8 Å². The van der Waals surface area contributed by atoms with E-state index in [1.54, 1.807) is 6.92 Å². The van der Waals surface area contributed by atoms with Crippen LogP contribution in [0.4, 0.5) is 4.79 Å². The van der Waals surface area contributed by atoms with E-state index in [0.29, 0.717) is 32.6 Å². The molecule has 3 saturated heterocycles. The molecule has 0 aromatic carbocycles. The molecule has 10 heteroatoms. The number of amides is 3. The number of alkyl carbamates (subject to hydrolysis) is 1. The zero-order chi connectivity index (χ0) is 25.1. The lowest BCUT2D eigenvalue weighted by Gasteiger charge is -2.30. The van der Waals surface area contributed by atoms with E-state index in [1.165, 1.54) is 0 Å². The van der Waals surface area contributed by atoms with E-state index in [-0.39, 0.29) is 53.8 Å². The van der Waals surface area contributed by atoms with Crippen molar-refractivity contribution in [1.29, 1.82) is 5.26 Å². The van der Waals surface area contributed by atoms with Crippen molar-refractivity contribution < 1.29 is 28.6 Å². The van der Waals surface area contributed by atoms with Crippen molar-refractivity contribution in [2.45, 2.75) is 77.4 Å². The fraction of sp³-hybridized carbons (Fsp3) is 0.840. The Morgan fingerprint density at radius 2 is 1.97 bits per heavy atom. The van der Waals surface area contributed by atoms with Crippen molar-refractivity contribution in [1.82, 2.24) is 16.0 Å². The minimum absolute atomic E-state index is 0.0371. The zero-order valence-corrected chi connectivity index (χ0v) is 20.8. The summed E-state index contributed by atoms with van der Waals surface area (Å²) in [7, 11) is 0. The molecule has 35 heavy (non-hydrogen) atoms. The Bertz CT molecular complexity index is 844. The molecule has 3 N–H and O–H groups in total. The first kappa shape index (κ1) is 25.7. The molecular weight excluding hydrogens is 452 g/mol. The third-order valence-corrected chi connectivity index (χ3v) is 7.92. The number of nitrogens with one attached hydrogen (secondary N) is 3. The van der Waals surface area contributed by atoms with Crippen molar-refractivity contribution in [3.63, 3.8) is 0 Å². The van der Waals surface area contributed by atoms with Gasteiger partial charge in [0.25, 0.3) is 0 Å². The van der Waals surface area contributed by atoms with E-state index in [4.69, 9.17) is 14.2 Å². The lowest BCUT2D eigenvalue weighted by Crippen LogP contribution is -2.53. The molecule has 2 bridgehead atoms. The fourth-order valence-electron chi connectivity index (χ4n) is 5.98. The predicted octanol–water partition coefficient (Wildman–Crippen LogP) is 1.70. The third-order valence-electron chi connectivity index (χ3n) is 7.92. The Hall–Kier alpha value is -2.38. The summed E-state index contributed by atoms with van der Waals surface area (Å²) in [6.45, 7) is 7.37. The van der Waals surface area contributed by atoms with Gasteiger partial charge in [-0.3, -0.25) is 9.59 Å². The SMILES string of the molecule is CC(C)C[C@H](NC(=O)O[C@@H]1C2CO[C@@H]3OC[C@H]1C3C2)C(=O)N[C@@H](CC1CCCNC1=O)C(C)C#N. The van der Waals surface area contributed by atoms with Crippen LogP contribution in [0.5, 0.6) is 0 Å². The highest BCUT2D eigenvalue weighted by molar-refractivity contribution is 5.86. The van der Waals surface area contributed by atoms with Gasteiger partial charge in [-0.2, -0.15) is 5.26 Å². The maximum absolute atomic E-state index is 13.3. The largest absolute Gasteiger partial charge is 0.445 e. The number of hydrogen-bond acceptors (Lipinski definition) is 7. The van der Waals surface area contributed by atoms with Gasteiger partial charge in [-0.25, -0.2) is 4.79 Å². The van der Waals surface area contributed by atoms with Crippen LogP contribution in [0.15, 0.2) is 0 Å². The first-order chi connectivity index (χ1) is 16.8. The van der Waals surface area contributed by atoms with Gasteiger partial charge < -0.3 is 30.2 Å². The van der Waals surface area contributed by atoms with Crippen LogP contribution in [-0.4, -0.2) is 62.1 Å². The molecule has 4 rings (SSSR count). The Morgan fingerprint density at radius 1 is 1.20 bits per heavy atom. The smallest absolute Gasteiger partial charge is 0.408 e. The number of carbonyl (C=O) groups is 3. The summed E-state index contributed by atoms with van der Waals surface area (Å²) < 4.78 is 17.2. The van der Waals surface area contributed by atoms with Gasteiger partial charge in [0.1, 0.15) is 12.1 Å². The number of fused-ring (bicyclic) bond motifs is 1. The number of piperidine rings is 1. The summed E-state index contributed by atoms with van der Waals surface area (Å²) >= 11 is 0. The van der Waals surface area contributed by atoms with E-state index in [1.807, 2.05) is 13.8 Å². The number of nitrogens with zero attached hydrogens (tertiary/aromatic N) is 1. The minimum atomic E-state index is -0.805. The van der Waals surface area contributed by atoms with Gasteiger partial charge in [-0.15, -0.1) is 0 Å². The normalized spacial score (nSPS) is 33.9. The quantitative estimate of drug-likeness (QED) is 0.447. The average molecular weight is 491 g/mol. The van der Waals surface area contributed by atoms with Crippen molar-refractivity contribution in [3.05, 3.63) is 0 Å². The molecule has 10 nitrogen and oxygen atoms in total. The monoisotopic (exact) mass is 490 g/mol. The summed E-state index contributed by atoms with van der Waals surface area (Å²) in [4.78, 5) is 38.4. The molecule has 0 aromatic heterocycles. The maximum atomic E-state index is 13.3. The maximum Gasteiger partial charge on any atom is 0.408 e. The van der Waals surface area contributed by atoms with Gasteiger partial charge in [0.2, 0.25) is 11.8 Å². The Morgan fingerprint density at radius 3 is 2.69 bits per heavy atom. The summed E-state index contributed by atoms with van der Waals surface area (Å²) in [6.07, 6.45) is 2.24. The van der Waals surface area contributed by atoms with Crippen molar-refractivity contribution in [3.8, 4) is 6.07 Å².